The van der Waals surface area contributed by atoms with Gasteiger partial charge in [0.2, 0.25) is 0 Å². The minimum atomic E-state index is -1.16. The number of aromatic amines is 1. The Kier molecular flexibility index (Phi) is 3.37. The SMILES string of the molecule is O=C(O)C(NO)C(S)c1cc2ccccc2[nH]1. The van der Waals surface area contributed by atoms with E-state index in [1.54, 1.807) is 5.48 Å². The van der Waals surface area contributed by atoms with Gasteiger partial charge >= 0.3 is 5.97 Å². The lowest BCUT2D eigenvalue weighted by Crippen LogP contribution is -2.38. The number of benzene rings is 1. The number of hydrogen-bond acceptors (Lipinski definition) is 4. The van der Waals surface area contributed by atoms with Gasteiger partial charge in [-0.1, -0.05) is 18.2 Å². The molecule has 1 aromatic carbocycles. The molecule has 2 unspecified atom stereocenters. The molecular formula is C11H12N2O3S. The number of hydrogen-bond donors (Lipinski definition) is 5. The molecule has 2 aromatic rings. The van der Waals surface area contributed by atoms with Crippen molar-refractivity contribution in [3.8, 4) is 0 Å². The third-order valence-electron chi connectivity index (χ3n) is 2.59. The van der Waals surface area contributed by atoms with Gasteiger partial charge in [-0.15, -0.1) is 0 Å². The molecule has 6 heteroatoms. The van der Waals surface area contributed by atoms with Gasteiger partial charge < -0.3 is 15.3 Å². The molecule has 0 aliphatic heterocycles. The molecule has 2 rings (SSSR count). The highest BCUT2D eigenvalue weighted by atomic mass is 32.1. The number of nitrogens with one attached hydrogen (secondary N) is 2. The first kappa shape index (κ1) is 12.0. The van der Waals surface area contributed by atoms with Crippen LogP contribution in [0.1, 0.15) is 10.9 Å². The zero-order valence-electron chi connectivity index (χ0n) is 8.79. The Morgan fingerprint density at radius 3 is 2.71 bits per heavy atom. The first-order valence-corrected chi connectivity index (χ1v) is 5.53. The second-order valence-corrected chi connectivity index (χ2v) is 4.26. The highest BCUT2D eigenvalue weighted by Crippen LogP contribution is 2.26. The number of hydroxylamine groups is 1. The van der Waals surface area contributed by atoms with E-state index in [0.717, 1.165) is 10.9 Å². The van der Waals surface area contributed by atoms with Crippen LogP contribution < -0.4 is 5.48 Å². The molecule has 1 heterocycles. The summed E-state index contributed by atoms with van der Waals surface area (Å²) >= 11 is 4.21. The number of carbonyl (C=O) groups is 1. The Morgan fingerprint density at radius 1 is 1.41 bits per heavy atom. The summed E-state index contributed by atoms with van der Waals surface area (Å²) in [6.45, 7) is 0. The Bertz CT molecular complexity index is 507. The van der Waals surface area contributed by atoms with E-state index in [0.29, 0.717) is 5.69 Å². The van der Waals surface area contributed by atoms with Crippen LogP contribution in [0.15, 0.2) is 30.3 Å². The number of thiol groups is 1. The Labute approximate surface area is 103 Å². The zero-order chi connectivity index (χ0) is 12.4. The smallest absolute Gasteiger partial charge is 0.324 e. The first-order valence-electron chi connectivity index (χ1n) is 5.01. The van der Waals surface area contributed by atoms with Crippen molar-refractivity contribution >= 4 is 29.5 Å². The van der Waals surface area contributed by atoms with Gasteiger partial charge in [0.15, 0.2) is 0 Å². The lowest BCUT2D eigenvalue weighted by molar-refractivity contribution is -0.142. The van der Waals surface area contributed by atoms with Crippen LogP contribution in [0.3, 0.4) is 0 Å². The number of carboxylic acids is 1. The van der Waals surface area contributed by atoms with Crippen molar-refractivity contribution in [2.75, 3.05) is 0 Å². The molecule has 0 bridgehead atoms. The highest BCUT2D eigenvalue weighted by molar-refractivity contribution is 7.80. The van der Waals surface area contributed by atoms with E-state index in [1.807, 2.05) is 30.3 Å². The molecular weight excluding hydrogens is 240 g/mol. The van der Waals surface area contributed by atoms with Gasteiger partial charge in [0.1, 0.15) is 6.04 Å². The minimum absolute atomic E-state index is 0.642. The van der Waals surface area contributed by atoms with Crippen molar-refractivity contribution in [3.63, 3.8) is 0 Å². The largest absolute Gasteiger partial charge is 0.480 e. The summed E-state index contributed by atoms with van der Waals surface area (Å²) in [7, 11) is 0. The summed E-state index contributed by atoms with van der Waals surface area (Å²) < 4.78 is 0. The third kappa shape index (κ3) is 2.28. The number of fused-ring (bicyclic) bond motifs is 1. The topological polar surface area (TPSA) is 85.3 Å². The van der Waals surface area contributed by atoms with Gasteiger partial charge in [-0.3, -0.25) is 4.79 Å². The minimum Gasteiger partial charge on any atom is -0.480 e. The van der Waals surface area contributed by atoms with Gasteiger partial charge in [0, 0.05) is 11.2 Å². The molecule has 1 aromatic heterocycles. The summed E-state index contributed by atoms with van der Waals surface area (Å²) in [5.74, 6) is -1.16. The number of aromatic nitrogens is 1. The molecule has 0 fully saturated rings. The normalized spacial score (nSPS) is 14.7. The fourth-order valence-electron chi connectivity index (χ4n) is 1.70. The quantitative estimate of drug-likeness (QED) is 0.422. The van der Waals surface area contributed by atoms with Gasteiger partial charge in [-0.25, -0.2) is 0 Å². The average Bonchev–Trinajstić information content (AvgIpc) is 2.72. The van der Waals surface area contributed by atoms with Crippen molar-refractivity contribution in [1.29, 1.82) is 0 Å². The predicted octanol–water partition coefficient (Wildman–Crippen LogP) is 1.57. The summed E-state index contributed by atoms with van der Waals surface area (Å²) in [6.07, 6.45) is 0. The van der Waals surface area contributed by atoms with E-state index < -0.39 is 17.3 Å². The molecule has 4 N–H and O–H groups in total. The van der Waals surface area contributed by atoms with Crippen LogP contribution in [0.2, 0.25) is 0 Å². The maximum Gasteiger partial charge on any atom is 0.324 e. The molecule has 0 radical (unpaired) electrons. The van der Waals surface area contributed by atoms with Crippen LogP contribution in [0.5, 0.6) is 0 Å². The zero-order valence-corrected chi connectivity index (χ0v) is 9.69. The summed E-state index contributed by atoms with van der Waals surface area (Å²) in [5.41, 5.74) is 3.30. The van der Waals surface area contributed by atoms with E-state index in [9.17, 15) is 4.79 Å². The average molecular weight is 252 g/mol. The Morgan fingerprint density at radius 2 is 2.12 bits per heavy atom. The van der Waals surface area contributed by atoms with E-state index in [4.69, 9.17) is 10.3 Å². The molecule has 5 nitrogen and oxygen atoms in total. The molecule has 0 spiro atoms. The third-order valence-corrected chi connectivity index (χ3v) is 3.17. The molecule has 0 aliphatic rings. The number of para-hydroxylation sites is 1. The van der Waals surface area contributed by atoms with Gasteiger partial charge in [0.05, 0.1) is 5.25 Å². The molecule has 0 saturated carbocycles. The predicted molar refractivity (Wildman–Crippen MR) is 66.4 cm³/mol. The van der Waals surface area contributed by atoms with Gasteiger partial charge in [0.25, 0.3) is 0 Å². The monoisotopic (exact) mass is 252 g/mol. The second-order valence-electron chi connectivity index (χ2n) is 3.70. The molecule has 90 valence electrons. The maximum absolute atomic E-state index is 10.9. The first-order chi connectivity index (χ1) is 8.13. The van der Waals surface area contributed by atoms with Crippen LogP contribution in [0.4, 0.5) is 0 Å². The van der Waals surface area contributed by atoms with E-state index >= 15 is 0 Å². The van der Waals surface area contributed by atoms with Crippen LogP contribution in [-0.2, 0) is 4.79 Å². The van der Waals surface area contributed by atoms with Crippen molar-refractivity contribution in [1.82, 2.24) is 10.5 Å². The summed E-state index contributed by atoms with van der Waals surface area (Å²) in [4.78, 5) is 13.9. The van der Waals surface area contributed by atoms with Crippen LogP contribution >= 0.6 is 12.6 Å². The van der Waals surface area contributed by atoms with Crippen LogP contribution in [0.25, 0.3) is 10.9 Å². The molecule has 17 heavy (non-hydrogen) atoms. The number of H-pyrrole nitrogens is 1. The van der Waals surface area contributed by atoms with Gasteiger partial charge in [-0.2, -0.15) is 18.1 Å². The fraction of sp³-hybridized carbons (Fsp3) is 0.182. The summed E-state index contributed by atoms with van der Waals surface area (Å²) in [6, 6.07) is 8.24. The van der Waals surface area contributed by atoms with Crippen molar-refractivity contribution < 1.29 is 15.1 Å². The van der Waals surface area contributed by atoms with Gasteiger partial charge in [-0.05, 0) is 17.5 Å². The number of carboxylic acid groups (broad SMARTS) is 1. The Hall–Kier alpha value is -1.50. The summed E-state index contributed by atoms with van der Waals surface area (Å²) in [5, 5.41) is 18.0. The second kappa shape index (κ2) is 4.79. The molecule has 0 amide bonds. The molecule has 2 atom stereocenters. The van der Waals surface area contributed by atoms with Crippen molar-refractivity contribution in [3.05, 3.63) is 36.0 Å². The van der Waals surface area contributed by atoms with Crippen LogP contribution in [-0.4, -0.2) is 27.3 Å². The Balaban J connectivity index is 2.35. The van der Waals surface area contributed by atoms with E-state index in [1.165, 1.54) is 0 Å². The van der Waals surface area contributed by atoms with Crippen LogP contribution in [0, 0.1) is 0 Å². The molecule has 0 aliphatic carbocycles. The fourth-order valence-corrected chi connectivity index (χ4v) is 2.03. The number of aliphatic carboxylic acids is 1. The lowest BCUT2D eigenvalue weighted by Gasteiger charge is -2.16. The number of rotatable bonds is 4. The van der Waals surface area contributed by atoms with E-state index in [-0.39, 0.29) is 0 Å². The van der Waals surface area contributed by atoms with Crippen molar-refractivity contribution in [2.24, 2.45) is 0 Å². The van der Waals surface area contributed by atoms with E-state index in [2.05, 4.69) is 17.6 Å². The highest BCUT2D eigenvalue weighted by Gasteiger charge is 2.27. The lowest BCUT2D eigenvalue weighted by atomic mass is 10.1. The maximum atomic E-state index is 10.9. The standard InChI is InChI=1S/C11H12N2O3S/c14-11(15)9(13-16)10(17)8-5-6-3-1-2-4-7(6)12-8/h1-5,9-10,12-13,16-17H,(H,14,15). The van der Waals surface area contributed by atoms with Crippen molar-refractivity contribution in [2.45, 2.75) is 11.3 Å². The molecule has 0 saturated heterocycles.